The van der Waals surface area contributed by atoms with Gasteiger partial charge in [0.2, 0.25) is 0 Å². The molecule has 2 N–H and O–H groups in total. The van der Waals surface area contributed by atoms with E-state index in [1.807, 2.05) is 18.5 Å². The number of anilines is 2. The zero-order chi connectivity index (χ0) is 19.3. The number of rotatable bonds is 3. The monoisotopic (exact) mass is 442 g/mol. The number of nitrogens with one attached hydrogen (secondary N) is 1. The summed E-state index contributed by atoms with van der Waals surface area (Å²) in [6.45, 7) is 6.23. The van der Waals surface area contributed by atoms with E-state index in [0.29, 0.717) is 5.92 Å². The van der Waals surface area contributed by atoms with E-state index in [2.05, 4.69) is 58.7 Å². The molecule has 28 heavy (non-hydrogen) atoms. The van der Waals surface area contributed by atoms with E-state index in [0.717, 1.165) is 65.3 Å². The van der Waals surface area contributed by atoms with Gasteiger partial charge in [-0.25, -0.2) is 15.0 Å². The molecule has 3 aromatic heterocycles. The van der Waals surface area contributed by atoms with Crippen molar-refractivity contribution < 1.29 is 5.11 Å². The van der Waals surface area contributed by atoms with Gasteiger partial charge >= 0.3 is 0 Å². The average molecular weight is 443 g/mol. The Balaban J connectivity index is 1.42. The third-order valence-corrected chi connectivity index (χ3v) is 6.72. The van der Waals surface area contributed by atoms with Crippen LogP contribution in [0.4, 0.5) is 11.6 Å². The number of hydrogen-bond acceptors (Lipinski definition) is 6. The van der Waals surface area contributed by atoms with Gasteiger partial charge in [-0.15, -0.1) is 0 Å². The van der Waals surface area contributed by atoms with Crippen LogP contribution in [0.3, 0.4) is 0 Å². The first-order chi connectivity index (χ1) is 13.6. The standard InChI is InChI=1S/C20H23BrN6O/c1-20-10-26(19-16-2-4-22-17(16)24-12-25-19)5-3-14(20)8-27(11-20)18-13(9-28)6-15(21)7-23-18/h2,4,6-7,12,14,28H,3,5,8-11H2,1H3,(H,22,24,25)/t14-,20+/m1/s1. The number of aliphatic hydroxyl groups is 1. The molecule has 2 aliphatic rings. The number of piperidine rings is 1. The molecule has 0 unspecified atom stereocenters. The van der Waals surface area contributed by atoms with Crippen molar-refractivity contribution >= 4 is 38.6 Å². The summed E-state index contributed by atoms with van der Waals surface area (Å²) >= 11 is 3.45. The van der Waals surface area contributed by atoms with Gasteiger partial charge in [0.05, 0.1) is 12.0 Å². The lowest BCUT2D eigenvalue weighted by Gasteiger charge is -2.42. The number of aromatic nitrogens is 4. The van der Waals surface area contributed by atoms with E-state index in [1.165, 1.54) is 0 Å². The molecule has 0 radical (unpaired) electrons. The second-order valence-electron chi connectivity index (χ2n) is 8.17. The zero-order valence-corrected chi connectivity index (χ0v) is 17.4. The Morgan fingerprint density at radius 2 is 2.11 bits per heavy atom. The average Bonchev–Trinajstić information content (AvgIpc) is 3.30. The molecule has 0 aromatic carbocycles. The van der Waals surface area contributed by atoms with Crippen LogP contribution in [-0.4, -0.2) is 51.2 Å². The van der Waals surface area contributed by atoms with E-state index in [4.69, 9.17) is 0 Å². The van der Waals surface area contributed by atoms with Gasteiger partial charge in [-0.1, -0.05) is 6.92 Å². The molecule has 0 spiro atoms. The molecule has 5 rings (SSSR count). The highest BCUT2D eigenvalue weighted by molar-refractivity contribution is 9.10. The first-order valence-corrected chi connectivity index (χ1v) is 10.4. The van der Waals surface area contributed by atoms with Crippen molar-refractivity contribution in [2.75, 3.05) is 36.0 Å². The molecule has 0 saturated carbocycles. The maximum absolute atomic E-state index is 9.78. The minimum atomic E-state index is -0.00180. The first-order valence-electron chi connectivity index (χ1n) is 9.61. The number of H-pyrrole nitrogens is 1. The largest absolute Gasteiger partial charge is 0.392 e. The highest BCUT2D eigenvalue weighted by atomic mass is 79.9. The number of fused-ring (bicyclic) bond motifs is 2. The summed E-state index contributed by atoms with van der Waals surface area (Å²) in [6.07, 6.45) is 6.50. The molecular weight excluding hydrogens is 420 g/mol. The topological polar surface area (TPSA) is 81.2 Å². The minimum Gasteiger partial charge on any atom is -0.392 e. The van der Waals surface area contributed by atoms with E-state index >= 15 is 0 Å². The van der Waals surface area contributed by atoms with Gasteiger partial charge in [0.1, 0.15) is 23.6 Å². The Labute approximate surface area is 171 Å². The number of halogens is 1. The molecular formula is C20H23BrN6O. The van der Waals surface area contributed by atoms with Crippen LogP contribution in [0.15, 0.2) is 35.3 Å². The van der Waals surface area contributed by atoms with Crippen LogP contribution in [0.5, 0.6) is 0 Å². The molecule has 0 aliphatic carbocycles. The lowest BCUT2D eigenvalue weighted by atomic mass is 9.75. The van der Waals surface area contributed by atoms with Gasteiger partial charge in [-0.2, -0.15) is 0 Å². The van der Waals surface area contributed by atoms with Crippen LogP contribution in [-0.2, 0) is 6.61 Å². The number of aliphatic hydroxyl groups excluding tert-OH is 1. The maximum atomic E-state index is 9.78. The molecule has 2 atom stereocenters. The van der Waals surface area contributed by atoms with E-state index < -0.39 is 0 Å². The lowest BCUT2D eigenvalue weighted by Crippen LogP contribution is -2.47. The van der Waals surface area contributed by atoms with Gasteiger partial charge in [-0.3, -0.25) is 0 Å². The summed E-state index contributed by atoms with van der Waals surface area (Å²) in [5.41, 5.74) is 1.91. The highest BCUT2D eigenvalue weighted by Gasteiger charge is 2.47. The molecule has 146 valence electrons. The van der Waals surface area contributed by atoms with Gasteiger partial charge in [0.25, 0.3) is 0 Å². The van der Waals surface area contributed by atoms with Crippen LogP contribution in [0.2, 0.25) is 0 Å². The fourth-order valence-corrected chi connectivity index (χ4v) is 5.27. The number of nitrogens with zero attached hydrogens (tertiary/aromatic N) is 5. The Hall–Kier alpha value is -2.19. The normalized spacial score (nSPS) is 24.8. The summed E-state index contributed by atoms with van der Waals surface area (Å²) in [4.78, 5) is 21.5. The molecule has 8 heteroatoms. The van der Waals surface area contributed by atoms with Crippen molar-refractivity contribution in [3.05, 3.63) is 40.9 Å². The minimum absolute atomic E-state index is 0.00180. The first kappa shape index (κ1) is 17.9. The number of aromatic amines is 1. The summed E-state index contributed by atoms with van der Waals surface area (Å²) < 4.78 is 0.897. The summed E-state index contributed by atoms with van der Waals surface area (Å²) in [7, 11) is 0. The molecule has 2 fully saturated rings. The van der Waals surface area contributed by atoms with Crippen LogP contribution in [0.25, 0.3) is 11.0 Å². The molecule has 2 saturated heterocycles. The fraction of sp³-hybridized carbons (Fsp3) is 0.450. The van der Waals surface area contributed by atoms with E-state index in [9.17, 15) is 5.11 Å². The molecule has 5 heterocycles. The van der Waals surface area contributed by atoms with Crippen LogP contribution in [0.1, 0.15) is 18.9 Å². The Morgan fingerprint density at radius 1 is 1.25 bits per heavy atom. The summed E-state index contributed by atoms with van der Waals surface area (Å²) in [5.74, 6) is 2.52. The zero-order valence-electron chi connectivity index (χ0n) is 15.8. The molecule has 7 nitrogen and oxygen atoms in total. The van der Waals surface area contributed by atoms with Crippen molar-refractivity contribution in [1.29, 1.82) is 0 Å². The van der Waals surface area contributed by atoms with Gasteiger partial charge < -0.3 is 19.9 Å². The van der Waals surface area contributed by atoms with E-state index in [1.54, 1.807) is 6.33 Å². The van der Waals surface area contributed by atoms with Crippen LogP contribution in [0, 0.1) is 11.3 Å². The van der Waals surface area contributed by atoms with Gasteiger partial charge in [0.15, 0.2) is 0 Å². The second-order valence-corrected chi connectivity index (χ2v) is 9.09. The quantitative estimate of drug-likeness (QED) is 0.648. The second kappa shape index (κ2) is 6.70. The predicted octanol–water partition coefficient (Wildman–Crippen LogP) is 2.96. The summed E-state index contributed by atoms with van der Waals surface area (Å²) in [6, 6.07) is 4.02. The van der Waals surface area contributed by atoms with Crippen molar-refractivity contribution in [1.82, 2.24) is 19.9 Å². The smallest absolute Gasteiger partial charge is 0.142 e. The van der Waals surface area contributed by atoms with Crippen molar-refractivity contribution in [3.63, 3.8) is 0 Å². The third kappa shape index (κ3) is 2.86. The highest BCUT2D eigenvalue weighted by Crippen LogP contribution is 2.45. The SMILES string of the molecule is C[C@]12CN(c3ncc(Br)cc3CO)C[C@H]1CCN(c1ncnc3[nH]ccc13)C2. The summed E-state index contributed by atoms with van der Waals surface area (Å²) in [5, 5.41) is 10.9. The molecule has 3 aromatic rings. The van der Waals surface area contributed by atoms with Crippen LogP contribution < -0.4 is 9.80 Å². The van der Waals surface area contributed by atoms with Crippen LogP contribution >= 0.6 is 15.9 Å². The van der Waals surface area contributed by atoms with E-state index in [-0.39, 0.29) is 12.0 Å². The van der Waals surface area contributed by atoms with Crippen molar-refractivity contribution in [2.45, 2.75) is 20.0 Å². The predicted molar refractivity (Wildman–Crippen MR) is 112 cm³/mol. The van der Waals surface area contributed by atoms with Crippen molar-refractivity contribution in [3.8, 4) is 0 Å². The van der Waals surface area contributed by atoms with Gasteiger partial charge in [0, 0.05) is 54.0 Å². The molecule has 2 aliphatic heterocycles. The Bertz CT molecular complexity index is 1020. The molecule has 0 bridgehead atoms. The fourth-order valence-electron chi connectivity index (χ4n) is 4.89. The Kier molecular flexibility index (Phi) is 4.28. The lowest BCUT2D eigenvalue weighted by molar-refractivity contribution is 0.216. The number of pyridine rings is 1. The molecule has 0 amide bonds. The van der Waals surface area contributed by atoms with Crippen molar-refractivity contribution in [2.24, 2.45) is 11.3 Å². The maximum Gasteiger partial charge on any atom is 0.142 e. The number of hydrogen-bond donors (Lipinski definition) is 2. The Morgan fingerprint density at radius 3 is 2.96 bits per heavy atom. The van der Waals surface area contributed by atoms with Gasteiger partial charge in [-0.05, 0) is 40.4 Å². The third-order valence-electron chi connectivity index (χ3n) is 6.29.